The number of alkyl halides is 4. The lowest BCUT2D eigenvalue weighted by atomic mass is 10.1. The van der Waals surface area contributed by atoms with E-state index in [1.54, 1.807) is 6.92 Å². The van der Waals surface area contributed by atoms with Crippen molar-refractivity contribution in [2.45, 2.75) is 32.8 Å². The van der Waals surface area contributed by atoms with E-state index in [1.165, 1.54) is 61.7 Å². The van der Waals surface area contributed by atoms with Crippen molar-refractivity contribution in [1.29, 1.82) is 0 Å². The lowest BCUT2D eigenvalue weighted by molar-refractivity contribution is -0.0498. The zero-order chi connectivity index (χ0) is 22.6. The first-order valence-electron chi connectivity index (χ1n) is 9.38. The molecule has 0 unspecified atom stereocenters. The van der Waals surface area contributed by atoms with Gasteiger partial charge in [0.1, 0.15) is 11.4 Å². The second-order valence-corrected chi connectivity index (χ2v) is 6.69. The molecule has 1 N–H and O–H groups in total. The Hall–Kier alpha value is -3.49. The van der Waals surface area contributed by atoms with E-state index in [4.69, 9.17) is 0 Å². The number of nitrogens with zero attached hydrogens (tertiary/aromatic N) is 2. The van der Waals surface area contributed by atoms with Crippen LogP contribution >= 0.6 is 0 Å². The van der Waals surface area contributed by atoms with Crippen LogP contribution in [0.4, 0.5) is 23.2 Å². The van der Waals surface area contributed by atoms with E-state index in [1.807, 2.05) is 0 Å². The zero-order valence-corrected chi connectivity index (χ0v) is 16.7. The number of aromatic nitrogens is 2. The van der Waals surface area contributed by atoms with E-state index in [9.17, 15) is 22.4 Å². The van der Waals surface area contributed by atoms with Crippen LogP contribution in [0.1, 0.15) is 35.1 Å². The molecular weight excluding hydrogens is 414 g/mol. The number of anilines is 1. The predicted molar refractivity (Wildman–Crippen MR) is 107 cm³/mol. The zero-order valence-electron chi connectivity index (χ0n) is 16.7. The van der Waals surface area contributed by atoms with Gasteiger partial charge >= 0.3 is 6.61 Å². The van der Waals surface area contributed by atoms with Crippen molar-refractivity contribution < 1.29 is 27.1 Å². The lowest BCUT2D eigenvalue weighted by Crippen LogP contribution is -2.17. The summed E-state index contributed by atoms with van der Waals surface area (Å²) in [5.41, 5.74) is 1.23. The van der Waals surface area contributed by atoms with Crippen molar-refractivity contribution in [1.82, 2.24) is 9.97 Å². The second-order valence-electron chi connectivity index (χ2n) is 6.69. The first kappa shape index (κ1) is 22.2. The lowest BCUT2D eigenvalue weighted by Gasteiger charge is -2.15. The molecule has 1 amide bonds. The third-order valence-electron chi connectivity index (χ3n) is 4.53. The SMILES string of the molecule is CCC(F)(F)c1cccc(NC(=O)c2nc(-c3ccc(OC(F)F)cc3)cnc2C)c1. The molecule has 0 aliphatic carbocycles. The van der Waals surface area contributed by atoms with Gasteiger partial charge in [-0.15, -0.1) is 0 Å². The summed E-state index contributed by atoms with van der Waals surface area (Å²) in [6.45, 7) is 0.0329. The number of nitrogens with one attached hydrogen (secondary N) is 1. The van der Waals surface area contributed by atoms with Gasteiger partial charge in [0.2, 0.25) is 0 Å². The van der Waals surface area contributed by atoms with Crippen molar-refractivity contribution >= 4 is 11.6 Å². The van der Waals surface area contributed by atoms with Crippen LogP contribution in [0.25, 0.3) is 11.3 Å². The normalized spacial score (nSPS) is 11.5. The number of hydrogen-bond donors (Lipinski definition) is 1. The largest absolute Gasteiger partial charge is 0.435 e. The first-order valence-corrected chi connectivity index (χ1v) is 9.38. The van der Waals surface area contributed by atoms with Gasteiger partial charge < -0.3 is 10.1 Å². The van der Waals surface area contributed by atoms with Crippen molar-refractivity contribution in [2.75, 3.05) is 5.32 Å². The average Bonchev–Trinajstić information content (AvgIpc) is 2.74. The van der Waals surface area contributed by atoms with Crippen molar-refractivity contribution in [3.05, 3.63) is 71.7 Å². The van der Waals surface area contributed by atoms with E-state index in [-0.39, 0.29) is 29.1 Å². The molecule has 0 spiro atoms. The molecule has 0 atom stereocenters. The summed E-state index contributed by atoms with van der Waals surface area (Å²) in [6.07, 6.45) is 1.08. The molecule has 0 aliphatic heterocycles. The maximum Gasteiger partial charge on any atom is 0.387 e. The van der Waals surface area contributed by atoms with Crippen molar-refractivity contribution in [2.24, 2.45) is 0 Å². The van der Waals surface area contributed by atoms with E-state index in [0.29, 0.717) is 17.0 Å². The number of halogens is 4. The van der Waals surface area contributed by atoms with Crippen LogP contribution in [0.2, 0.25) is 0 Å². The fourth-order valence-electron chi connectivity index (χ4n) is 2.83. The van der Waals surface area contributed by atoms with Gasteiger partial charge in [-0.2, -0.15) is 8.78 Å². The van der Waals surface area contributed by atoms with Crippen LogP contribution in [0, 0.1) is 6.92 Å². The highest BCUT2D eigenvalue weighted by molar-refractivity contribution is 6.03. The Kier molecular flexibility index (Phi) is 6.53. The number of hydrogen-bond acceptors (Lipinski definition) is 4. The van der Waals surface area contributed by atoms with E-state index in [0.717, 1.165) is 0 Å². The molecule has 2 aromatic carbocycles. The molecule has 5 nitrogen and oxygen atoms in total. The molecule has 0 aliphatic rings. The smallest absolute Gasteiger partial charge is 0.387 e. The predicted octanol–water partition coefficient (Wildman–Crippen LogP) is 5.81. The molecule has 0 saturated carbocycles. The maximum atomic E-state index is 13.9. The Labute approximate surface area is 176 Å². The highest BCUT2D eigenvalue weighted by Crippen LogP contribution is 2.32. The topological polar surface area (TPSA) is 64.1 Å². The number of carbonyl (C=O) groups excluding carboxylic acids is 1. The van der Waals surface area contributed by atoms with Gasteiger partial charge in [-0.3, -0.25) is 9.78 Å². The third-order valence-corrected chi connectivity index (χ3v) is 4.53. The third kappa shape index (κ3) is 5.36. The summed E-state index contributed by atoms with van der Waals surface area (Å²) < 4.78 is 56.8. The van der Waals surface area contributed by atoms with Crippen molar-refractivity contribution in [3.63, 3.8) is 0 Å². The highest BCUT2D eigenvalue weighted by Gasteiger charge is 2.29. The molecule has 0 radical (unpaired) electrons. The fourth-order valence-corrected chi connectivity index (χ4v) is 2.83. The summed E-state index contributed by atoms with van der Waals surface area (Å²) in [5, 5.41) is 2.57. The van der Waals surface area contributed by atoms with Gasteiger partial charge in [0.05, 0.1) is 17.6 Å². The Morgan fingerprint density at radius 1 is 1.16 bits per heavy atom. The molecule has 0 bridgehead atoms. The van der Waals surface area contributed by atoms with E-state index >= 15 is 0 Å². The van der Waals surface area contributed by atoms with Crippen LogP contribution in [0.3, 0.4) is 0 Å². The van der Waals surface area contributed by atoms with Gasteiger partial charge in [0.15, 0.2) is 0 Å². The number of benzene rings is 2. The summed E-state index contributed by atoms with van der Waals surface area (Å²) >= 11 is 0. The minimum absolute atomic E-state index is 0.0121. The minimum atomic E-state index is -3.00. The molecule has 31 heavy (non-hydrogen) atoms. The van der Waals surface area contributed by atoms with Crippen LogP contribution in [-0.2, 0) is 5.92 Å². The number of rotatable bonds is 7. The maximum absolute atomic E-state index is 13.9. The fraction of sp³-hybridized carbons (Fsp3) is 0.227. The van der Waals surface area contributed by atoms with Gasteiger partial charge in [-0.25, -0.2) is 13.8 Å². The van der Waals surface area contributed by atoms with Crippen LogP contribution in [0.5, 0.6) is 5.75 Å². The summed E-state index contributed by atoms with van der Waals surface area (Å²) in [4.78, 5) is 21.2. The number of carbonyl (C=O) groups is 1. The molecule has 1 aromatic heterocycles. The monoisotopic (exact) mass is 433 g/mol. The van der Waals surface area contributed by atoms with Crippen molar-refractivity contribution in [3.8, 4) is 17.0 Å². The van der Waals surface area contributed by atoms with Crippen LogP contribution < -0.4 is 10.1 Å². The molecular formula is C22H19F4N3O2. The highest BCUT2D eigenvalue weighted by atomic mass is 19.3. The van der Waals surface area contributed by atoms with Gasteiger partial charge in [0.25, 0.3) is 11.8 Å². The Morgan fingerprint density at radius 2 is 1.87 bits per heavy atom. The molecule has 9 heteroatoms. The average molecular weight is 433 g/mol. The van der Waals surface area contributed by atoms with Gasteiger partial charge in [-0.1, -0.05) is 19.1 Å². The van der Waals surface area contributed by atoms with Crippen LogP contribution in [-0.4, -0.2) is 22.5 Å². The Bertz CT molecular complexity index is 1070. The first-order chi connectivity index (χ1) is 14.7. The number of amides is 1. The molecule has 0 saturated heterocycles. The van der Waals surface area contributed by atoms with E-state index in [2.05, 4.69) is 20.0 Å². The Balaban J connectivity index is 1.83. The number of aryl methyl sites for hydroxylation is 1. The summed E-state index contributed by atoms with van der Waals surface area (Å²) in [7, 11) is 0. The Morgan fingerprint density at radius 3 is 2.52 bits per heavy atom. The van der Waals surface area contributed by atoms with E-state index < -0.39 is 18.4 Å². The standard InChI is InChI=1S/C22H19F4N3O2/c1-3-22(25,26)15-5-4-6-16(11-15)28-20(30)19-13(2)27-12-18(29-19)14-7-9-17(10-8-14)31-21(23)24/h4-12,21H,3H2,1-2H3,(H,28,30). The summed E-state index contributed by atoms with van der Waals surface area (Å²) in [6, 6.07) is 11.2. The molecule has 3 aromatic rings. The second kappa shape index (κ2) is 9.11. The minimum Gasteiger partial charge on any atom is -0.435 e. The molecule has 3 rings (SSSR count). The summed E-state index contributed by atoms with van der Waals surface area (Å²) in [5.74, 6) is -3.63. The molecule has 162 valence electrons. The van der Waals surface area contributed by atoms with Crippen LogP contribution in [0.15, 0.2) is 54.7 Å². The molecule has 1 heterocycles. The van der Waals surface area contributed by atoms with Gasteiger partial charge in [-0.05, 0) is 43.3 Å². The quantitative estimate of drug-likeness (QED) is 0.478. The van der Waals surface area contributed by atoms with Gasteiger partial charge in [0, 0.05) is 23.2 Å². The molecule has 0 fully saturated rings. The number of ether oxygens (including phenoxy) is 1.